The molecule has 1 aromatic rings. The Balaban J connectivity index is 1.69. The van der Waals surface area contributed by atoms with E-state index in [1.54, 1.807) is 12.1 Å². The molecule has 1 aromatic carbocycles. The Morgan fingerprint density at radius 1 is 1.18 bits per heavy atom. The van der Waals surface area contributed by atoms with Crippen LogP contribution in [0.2, 0.25) is 0 Å². The third-order valence-electron chi connectivity index (χ3n) is 3.72. The van der Waals surface area contributed by atoms with Crippen molar-refractivity contribution in [2.75, 3.05) is 11.9 Å². The molecule has 2 aliphatic rings. The second-order valence-corrected chi connectivity index (χ2v) is 5.44. The number of urea groups is 1. The monoisotopic (exact) mass is 301 g/mol. The van der Waals surface area contributed by atoms with E-state index in [0.29, 0.717) is 23.4 Å². The maximum atomic E-state index is 12.1. The first-order valence-corrected chi connectivity index (χ1v) is 7.03. The highest BCUT2D eigenvalue weighted by Gasteiger charge is 2.51. The lowest BCUT2D eigenvalue weighted by molar-refractivity contribution is -0.143. The second-order valence-electron chi connectivity index (χ2n) is 5.44. The van der Waals surface area contributed by atoms with Crippen LogP contribution in [0.15, 0.2) is 24.3 Å². The molecule has 7 nitrogen and oxygen atoms in total. The molecule has 0 spiro atoms. The van der Waals surface area contributed by atoms with Crippen LogP contribution >= 0.6 is 0 Å². The summed E-state index contributed by atoms with van der Waals surface area (Å²) in [5.41, 5.74) is 1.47. The molecule has 1 N–H and O–H groups in total. The Morgan fingerprint density at radius 3 is 2.50 bits per heavy atom. The molecule has 1 aliphatic carbocycles. The van der Waals surface area contributed by atoms with Crippen LogP contribution < -0.4 is 5.32 Å². The molecule has 114 valence electrons. The smallest absolute Gasteiger partial charge is 0.324 e. The summed E-state index contributed by atoms with van der Waals surface area (Å²) in [7, 11) is 0. The van der Waals surface area contributed by atoms with E-state index in [0.717, 1.165) is 10.5 Å². The SMILES string of the molecule is Cc1ccccc1NC(=O)CN1C(=O)C(=O)N(C2CC2)C1=O. The van der Waals surface area contributed by atoms with Gasteiger partial charge in [-0.1, -0.05) is 18.2 Å². The van der Waals surface area contributed by atoms with E-state index < -0.39 is 30.3 Å². The zero-order chi connectivity index (χ0) is 15.9. The normalized spacial score (nSPS) is 18.1. The molecule has 5 amide bonds. The standard InChI is InChI=1S/C15H15N3O4/c1-9-4-2-3-5-11(9)16-12(19)8-17-13(20)14(21)18(15(17)22)10-6-7-10/h2-5,10H,6-8H2,1H3,(H,16,19). The lowest BCUT2D eigenvalue weighted by Crippen LogP contribution is -2.39. The number of nitrogens with zero attached hydrogens (tertiary/aromatic N) is 2. The first-order chi connectivity index (χ1) is 10.5. The van der Waals surface area contributed by atoms with E-state index in [-0.39, 0.29) is 6.04 Å². The molecule has 1 heterocycles. The fourth-order valence-corrected chi connectivity index (χ4v) is 2.36. The van der Waals surface area contributed by atoms with E-state index in [2.05, 4.69) is 5.32 Å². The molecule has 3 rings (SSSR count). The number of carbonyl (C=O) groups is 4. The minimum Gasteiger partial charge on any atom is -0.324 e. The maximum Gasteiger partial charge on any atom is 0.334 e. The van der Waals surface area contributed by atoms with Gasteiger partial charge in [-0.2, -0.15) is 0 Å². The van der Waals surface area contributed by atoms with Crippen molar-refractivity contribution in [3.8, 4) is 0 Å². The molecule has 22 heavy (non-hydrogen) atoms. The number of rotatable bonds is 4. The van der Waals surface area contributed by atoms with Crippen molar-refractivity contribution >= 4 is 29.4 Å². The van der Waals surface area contributed by atoms with Gasteiger partial charge in [0, 0.05) is 11.7 Å². The van der Waals surface area contributed by atoms with Crippen molar-refractivity contribution in [3.05, 3.63) is 29.8 Å². The molecule has 1 saturated carbocycles. The van der Waals surface area contributed by atoms with Crippen LogP contribution in [-0.2, 0) is 14.4 Å². The Kier molecular flexibility index (Phi) is 3.40. The van der Waals surface area contributed by atoms with Crippen LogP contribution in [0.4, 0.5) is 10.5 Å². The summed E-state index contributed by atoms with van der Waals surface area (Å²) in [5, 5.41) is 2.64. The number of anilines is 1. The summed E-state index contributed by atoms with van der Waals surface area (Å²) in [6, 6.07) is 6.28. The summed E-state index contributed by atoms with van der Waals surface area (Å²) >= 11 is 0. The van der Waals surface area contributed by atoms with Gasteiger partial charge in [0.05, 0.1) is 0 Å². The Labute approximate surface area is 126 Å². The Hall–Kier alpha value is -2.70. The third kappa shape index (κ3) is 2.45. The van der Waals surface area contributed by atoms with Gasteiger partial charge in [0.2, 0.25) is 5.91 Å². The highest BCUT2D eigenvalue weighted by Crippen LogP contribution is 2.30. The number of benzene rings is 1. The van der Waals surface area contributed by atoms with Gasteiger partial charge in [-0.15, -0.1) is 0 Å². The number of aryl methyl sites for hydroxylation is 1. The predicted molar refractivity (Wildman–Crippen MR) is 76.8 cm³/mol. The molecule has 0 unspecified atom stereocenters. The summed E-state index contributed by atoms with van der Waals surface area (Å²) in [5.74, 6) is -2.28. The fraction of sp³-hybridized carbons (Fsp3) is 0.333. The van der Waals surface area contributed by atoms with E-state index in [9.17, 15) is 19.2 Å². The van der Waals surface area contributed by atoms with Gasteiger partial charge in [-0.3, -0.25) is 19.3 Å². The van der Waals surface area contributed by atoms with Gasteiger partial charge < -0.3 is 5.32 Å². The number of nitrogens with one attached hydrogen (secondary N) is 1. The lowest BCUT2D eigenvalue weighted by atomic mass is 10.2. The lowest BCUT2D eigenvalue weighted by Gasteiger charge is -2.15. The molecule has 0 radical (unpaired) electrons. The van der Waals surface area contributed by atoms with Gasteiger partial charge in [0.15, 0.2) is 0 Å². The van der Waals surface area contributed by atoms with Crippen molar-refractivity contribution in [2.24, 2.45) is 0 Å². The topological polar surface area (TPSA) is 86.8 Å². The van der Waals surface area contributed by atoms with Crippen molar-refractivity contribution in [2.45, 2.75) is 25.8 Å². The van der Waals surface area contributed by atoms with Crippen molar-refractivity contribution < 1.29 is 19.2 Å². The van der Waals surface area contributed by atoms with Crippen LogP contribution in [0, 0.1) is 6.92 Å². The van der Waals surface area contributed by atoms with E-state index in [1.165, 1.54) is 0 Å². The molecular formula is C15H15N3O4. The van der Waals surface area contributed by atoms with Crippen LogP contribution in [0.1, 0.15) is 18.4 Å². The zero-order valence-corrected chi connectivity index (χ0v) is 12.0. The second kappa shape index (κ2) is 5.25. The summed E-state index contributed by atoms with van der Waals surface area (Å²) in [6.45, 7) is 1.38. The average molecular weight is 301 g/mol. The summed E-state index contributed by atoms with van der Waals surface area (Å²) < 4.78 is 0. The largest absolute Gasteiger partial charge is 0.334 e. The highest BCUT2D eigenvalue weighted by atomic mass is 16.2. The maximum absolute atomic E-state index is 12.1. The first kappa shape index (κ1) is 14.2. The quantitative estimate of drug-likeness (QED) is 0.661. The fourth-order valence-electron chi connectivity index (χ4n) is 2.36. The third-order valence-corrected chi connectivity index (χ3v) is 3.72. The van der Waals surface area contributed by atoms with E-state index in [4.69, 9.17) is 0 Å². The summed E-state index contributed by atoms with van der Waals surface area (Å²) in [6.07, 6.45) is 1.43. The highest BCUT2D eigenvalue weighted by molar-refractivity contribution is 6.45. The van der Waals surface area contributed by atoms with E-state index in [1.807, 2.05) is 19.1 Å². The molecular weight excluding hydrogens is 286 g/mol. The predicted octanol–water partition coefficient (Wildman–Crippen LogP) is 0.887. The minimum atomic E-state index is -0.933. The van der Waals surface area contributed by atoms with Crippen LogP contribution in [-0.4, -0.2) is 46.1 Å². The molecule has 0 bridgehead atoms. The van der Waals surface area contributed by atoms with Crippen LogP contribution in [0.3, 0.4) is 0 Å². The molecule has 2 fully saturated rings. The number of hydrogen-bond donors (Lipinski definition) is 1. The number of hydrogen-bond acceptors (Lipinski definition) is 4. The molecule has 0 aromatic heterocycles. The van der Waals surface area contributed by atoms with Crippen molar-refractivity contribution in [1.82, 2.24) is 9.80 Å². The summed E-state index contributed by atoms with van der Waals surface area (Å²) in [4.78, 5) is 49.4. The molecule has 0 atom stereocenters. The first-order valence-electron chi connectivity index (χ1n) is 7.03. The van der Waals surface area contributed by atoms with Crippen LogP contribution in [0.5, 0.6) is 0 Å². The van der Waals surface area contributed by atoms with Gasteiger partial charge in [-0.25, -0.2) is 9.69 Å². The number of amides is 5. The number of para-hydroxylation sites is 1. The molecule has 1 aliphatic heterocycles. The van der Waals surface area contributed by atoms with Gasteiger partial charge in [-0.05, 0) is 31.4 Å². The average Bonchev–Trinajstić information content (AvgIpc) is 3.28. The van der Waals surface area contributed by atoms with E-state index >= 15 is 0 Å². The van der Waals surface area contributed by atoms with Crippen LogP contribution in [0.25, 0.3) is 0 Å². The van der Waals surface area contributed by atoms with Gasteiger partial charge in [0.1, 0.15) is 6.54 Å². The molecule has 1 saturated heterocycles. The minimum absolute atomic E-state index is 0.187. The molecule has 7 heteroatoms. The van der Waals surface area contributed by atoms with Gasteiger partial charge >= 0.3 is 17.8 Å². The van der Waals surface area contributed by atoms with Crippen molar-refractivity contribution in [3.63, 3.8) is 0 Å². The number of imide groups is 2. The Bertz CT molecular complexity index is 681. The number of carbonyl (C=O) groups excluding carboxylic acids is 4. The Morgan fingerprint density at radius 2 is 1.86 bits per heavy atom. The zero-order valence-electron chi connectivity index (χ0n) is 12.0. The van der Waals surface area contributed by atoms with Crippen molar-refractivity contribution in [1.29, 1.82) is 0 Å². The van der Waals surface area contributed by atoms with Gasteiger partial charge in [0.25, 0.3) is 0 Å².